The number of aromatic carboxylic acids is 1. The fourth-order valence-electron chi connectivity index (χ4n) is 2.17. The number of carboxylic acids is 1. The molecule has 0 radical (unpaired) electrons. The third-order valence-electron chi connectivity index (χ3n) is 3.42. The topological polar surface area (TPSA) is 105 Å². The van der Waals surface area contributed by atoms with Gasteiger partial charge in [0.25, 0.3) is 0 Å². The van der Waals surface area contributed by atoms with E-state index in [9.17, 15) is 9.90 Å². The largest absolute Gasteiger partial charge is 0.476 e. The number of aromatic amines is 1. The fourth-order valence-corrected chi connectivity index (χ4v) is 2.17. The van der Waals surface area contributed by atoms with Crippen molar-refractivity contribution in [2.24, 2.45) is 0 Å². The van der Waals surface area contributed by atoms with Gasteiger partial charge in [-0.2, -0.15) is 10.1 Å². The number of H-pyrrole nitrogens is 1. The van der Waals surface area contributed by atoms with Gasteiger partial charge < -0.3 is 9.63 Å². The summed E-state index contributed by atoms with van der Waals surface area (Å²) in [7, 11) is 0. The van der Waals surface area contributed by atoms with Gasteiger partial charge in [-0.25, -0.2) is 4.79 Å². The van der Waals surface area contributed by atoms with Crippen molar-refractivity contribution in [2.45, 2.75) is 44.9 Å². The maximum atomic E-state index is 11.2. The average molecular weight is 276 g/mol. The zero-order valence-electron chi connectivity index (χ0n) is 11.4. The summed E-state index contributed by atoms with van der Waals surface area (Å²) in [6.07, 6.45) is 2.44. The number of nitrogens with zero attached hydrogens (tertiary/aromatic N) is 3. The van der Waals surface area contributed by atoms with Crippen LogP contribution in [0.1, 0.15) is 72.0 Å². The molecule has 3 rings (SSSR count). The van der Waals surface area contributed by atoms with E-state index in [1.807, 2.05) is 13.8 Å². The van der Waals surface area contributed by atoms with Crippen molar-refractivity contribution >= 4 is 5.97 Å². The Balaban J connectivity index is 1.91. The van der Waals surface area contributed by atoms with Gasteiger partial charge >= 0.3 is 5.97 Å². The molecule has 1 fully saturated rings. The Morgan fingerprint density at radius 3 is 2.80 bits per heavy atom. The van der Waals surface area contributed by atoms with Crippen LogP contribution in [0.15, 0.2) is 4.52 Å². The summed E-state index contributed by atoms with van der Waals surface area (Å²) in [6, 6.07) is 0. The Hall–Kier alpha value is -2.18. The van der Waals surface area contributed by atoms with Crippen LogP contribution in [0.3, 0.4) is 0 Å². The molecule has 0 spiro atoms. The molecule has 7 heteroatoms. The van der Waals surface area contributed by atoms with Gasteiger partial charge in [0.05, 0.1) is 6.42 Å². The lowest BCUT2D eigenvalue weighted by atomic mass is 10.1. The molecule has 0 aliphatic heterocycles. The van der Waals surface area contributed by atoms with Crippen molar-refractivity contribution in [2.75, 3.05) is 0 Å². The van der Waals surface area contributed by atoms with E-state index in [0.29, 0.717) is 29.6 Å². The molecule has 2 heterocycles. The maximum Gasteiger partial charge on any atom is 0.356 e. The van der Waals surface area contributed by atoms with Crippen molar-refractivity contribution in [1.29, 1.82) is 0 Å². The van der Waals surface area contributed by atoms with Gasteiger partial charge in [0.15, 0.2) is 11.5 Å². The molecule has 0 atom stereocenters. The molecule has 0 unspecified atom stereocenters. The van der Waals surface area contributed by atoms with Gasteiger partial charge in [-0.3, -0.25) is 5.10 Å². The SMILES string of the molecule is CC(C)c1noc(Cc2c(C(=O)O)n[nH]c2C2CC2)n1. The molecule has 20 heavy (non-hydrogen) atoms. The minimum atomic E-state index is -1.04. The van der Waals surface area contributed by atoms with Crippen LogP contribution in [0.2, 0.25) is 0 Å². The summed E-state index contributed by atoms with van der Waals surface area (Å²) < 4.78 is 5.19. The Bertz CT molecular complexity index is 640. The lowest BCUT2D eigenvalue weighted by Crippen LogP contribution is -2.03. The van der Waals surface area contributed by atoms with Crippen LogP contribution >= 0.6 is 0 Å². The van der Waals surface area contributed by atoms with E-state index >= 15 is 0 Å². The van der Waals surface area contributed by atoms with Gasteiger partial charge in [0, 0.05) is 23.1 Å². The average Bonchev–Trinajstić information content (AvgIpc) is 2.97. The first-order valence-electron chi connectivity index (χ1n) is 6.69. The van der Waals surface area contributed by atoms with E-state index < -0.39 is 5.97 Å². The zero-order valence-corrected chi connectivity index (χ0v) is 11.4. The standard InChI is InChI=1S/C13H16N4O3/c1-6(2)12-14-9(20-17-12)5-8-10(7-3-4-7)15-16-11(8)13(18)19/h6-7H,3-5H2,1-2H3,(H,15,16)(H,18,19). The van der Waals surface area contributed by atoms with Crippen molar-refractivity contribution in [3.63, 3.8) is 0 Å². The quantitative estimate of drug-likeness (QED) is 0.866. The zero-order chi connectivity index (χ0) is 14.3. The number of hydrogen-bond acceptors (Lipinski definition) is 5. The monoisotopic (exact) mass is 276 g/mol. The van der Waals surface area contributed by atoms with Gasteiger partial charge in [-0.15, -0.1) is 0 Å². The molecule has 2 aromatic heterocycles. The molecule has 1 saturated carbocycles. The highest BCUT2D eigenvalue weighted by Gasteiger charge is 2.32. The maximum absolute atomic E-state index is 11.2. The molecule has 2 aromatic rings. The first kappa shape index (κ1) is 12.8. The molecule has 0 bridgehead atoms. The molecule has 1 aliphatic rings. The Morgan fingerprint density at radius 2 is 2.25 bits per heavy atom. The number of hydrogen-bond donors (Lipinski definition) is 2. The summed E-state index contributed by atoms with van der Waals surface area (Å²) in [5.41, 5.74) is 1.61. The van der Waals surface area contributed by atoms with Crippen LogP contribution in [-0.2, 0) is 6.42 Å². The van der Waals surface area contributed by atoms with E-state index in [1.54, 1.807) is 0 Å². The van der Waals surface area contributed by atoms with Crippen molar-refractivity contribution < 1.29 is 14.4 Å². The highest BCUT2D eigenvalue weighted by Crippen LogP contribution is 2.41. The minimum Gasteiger partial charge on any atom is -0.476 e. The highest BCUT2D eigenvalue weighted by atomic mass is 16.5. The second-order valence-corrected chi connectivity index (χ2v) is 5.42. The fraction of sp³-hybridized carbons (Fsp3) is 0.538. The third-order valence-corrected chi connectivity index (χ3v) is 3.42. The number of nitrogens with one attached hydrogen (secondary N) is 1. The van der Waals surface area contributed by atoms with Crippen molar-refractivity contribution in [1.82, 2.24) is 20.3 Å². The summed E-state index contributed by atoms with van der Waals surface area (Å²) in [5, 5.41) is 19.8. The molecule has 106 valence electrons. The molecule has 2 N–H and O–H groups in total. The van der Waals surface area contributed by atoms with Crippen LogP contribution in [0.5, 0.6) is 0 Å². The van der Waals surface area contributed by atoms with E-state index in [1.165, 1.54) is 0 Å². The molecule has 0 aromatic carbocycles. The predicted octanol–water partition coefficient (Wildman–Crippen LogP) is 2.08. The van der Waals surface area contributed by atoms with Gasteiger partial charge in [-0.05, 0) is 12.8 Å². The summed E-state index contributed by atoms with van der Waals surface area (Å²) in [5.74, 6) is 0.594. The number of aromatic nitrogens is 4. The summed E-state index contributed by atoms with van der Waals surface area (Å²) in [6.45, 7) is 3.95. The normalized spacial score (nSPS) is 14.9. The second-order valence-electron chi connectivity index (χ2n) is 5.42. The molecule has 0 amide bonds. The molecule has 0 saturated heterocycles. The number of rotatable bonds is 5. The first-order valence-corrected chi connectivity index (χ1v) is 6.69. The lowest BCUT2D eigenvalue weighted by molar-refractivity contribution is 0.0689. The lowest BCUT2D eigenvalue weighted by Gasteiger charge is -1.99. The van der Waals surface area contributed by atoms with E-state index in [4.69, 9.17) is 4.52 Å². The second kappa shape index (κ2) is 4.73. The van der Waals surface area contributed by atoms with Crippen molar-refractivity contribution in [3.8, 4) is 0 Å². The smallest absolute Gasteiger partial charge is 0.356 e. The number of carboxylic acid groups (broad SMARTS) is 1. The molecular weight excluding hydrogens is 260 g/mol. The summed E-state index contributed by atoms with van der Waals surface area (Å²) in [4.78, 5) is 15.5. The van der Waals surface area contributed by atoms with Crippen LogP contribution in [-0.4, -0.2) is 31.4 Å². The molecule has 1 aliphatic carbocycles. The Labute approximate surface area is 115 Å². The van der Waals surface area contributed by atoms with Crippen LogP contribution in [0.25, 0.3) is 0 Å². The summed E-state index contributed by atoms with van der Waals surface area (Å²) >= 11 is 0. The molecule has 7 nitrogen and oxygen atoms in total. The van der Waals surface area contributed by atoms with E-state index in [2.05, 4.69) is 20.3 Å². The van der Waals surface area contributed by atoms with Gasteiger partial charge in [-0.1, -0.05) is 19.0 Å². The van der Waals surface area contributed by atoms with Crippen LogP contribution < -0.4 is 0 Å². The Kier molecular flexibility index (Phi) is 3.04. The van der Waals surface area contributed by atoms with E-state index in [0.717, 1.165) is 18.5 Å². The van der Waals surface area contributed by atoms with Crippen molar-refractivity contribution in [3.05, 3.63) is 28.7 Å². The van der Waals surface area contributed by atoms with Crippen LogP contribution in [0, 0.1) is 0 Å². The third kappa shape index (κ3) is 2.31. The molecular formula is C13H16N4O3. The highest BCUT2D eigenvalue weighted by molar-refractivity contribution is 5.87. The van der Waals surface area contributed by atoms with E-state index in [-0.39, 0.29) is 11.6 Å². The van der Waals surface area contributed by atoms with Crippen LogP contribution in [0.4, 0.5) is 0 Å². The Morgan fingerprint density at radius 1 is 1.50 bits per heavy atom. The first-order chi connectivity index (χ1) is 9.56. The van der Waals surface area contributed by atoms with Gasteiger partial charge in [0.1, 0.15) is 0 Å². The predicted molar refractivity (Wildman–Crippen MR) is 68.7 cm³/mol. The van der Waals surface area contributed by atoms with Gasteiger partial charge in [0.2, 0.25) is 5.89 Å². The minimum absolute atomic E-state index is 0.0520. The number of carbonyl (C=O) groups is 1.